The quantitative estimate of drug-likeness (QED) is 0.112. The summed E-state index contributed by atoms with van der Waals surface area (Å²) < 4.78 is 0. The van der Waals surface area contributed by atoms with E-state index < -0.39 is 0 Å². The minimum absolute atomic E-state index is 0.540. The van der Waals surface area contributed by atoms with Gasteiger partial charge in [-0.05, 0) is 197 Å². The summed E-state index contributed by atoms with van der Waals surface area (Å²) in [5, 5.41) is 16.9. The van der Waals surface area contributed by atoms with E-state index in [1.807, 2.05) is 55.0 Å². The van der Waals surface area contributed by atoms with Crippen molar-refractivity contribution in [2.24, 2.45) is 5.92 Å². The third-order valence-electron chi connectivity index (χ3n) is 14.5. The van der Waals surface area contributed by atoms with E-state index in [1.165, 1.54) is 94.1 Å². The SMILES string of the molecule is CC(C)N(C(C)C)C1CCC(Nc2ccnc3cc(Cl)ccc23)CC1.CC1CCC(Nc2ccnc3cc(Cl)ccc23)CC1.CCN(CC)C1CCC(Nc2ccnc3cc(Cl)ccc23)CC1. The Morgan fingerprint density at radius 2 is 0.806 bits per heavy atom. The van der Waals surface area contributed by atoms with E-state index in [4.69, 9.17) is 34.8 Å². The van der Waals surface area contributed by atoms with Gasteiger partial charge >= 0.3 is 0 Å². The first-order valence-corrected chi connectivity index (χ1v) is 26.5. The second kappa shape index (κ2) is 24.6. The molecule has 3 aliphatic carbocycles. The van der Waals surface area contributed by atoms with Crippen molar-refractivity contribution >= 4 is 84.6 Å². The number of aromatic nitrogens is 3. The molecule has 0 spiro atoms. The number of pyridine rings is 3. The summed E-state index contributed by atoms with van der Waals surface area (Å²) in [6.07, 6.45) is 20.8. The maximum Gasteiger partial charge on any atom is 0.0737 e. The summed E-state index contributed by atoms with van der Waals surface area (Å²) in [5.41, 5.74) is 6.41. The van der Waals surface area contributed by atoms with E-state index in [0.717, 1.165) is 72.8 Å². The summed E-state index contributed by atoms with van der Waals surface area (Å²) in [6.45, 7) is 18.5. The molecule has 3 aliphatic rings. The lowest BCUT2D eigenvalue weighted by atomic mass is 9.87. The third-order valence-corrected chi connectivity index (χ3v) is 15.3. The fourth-order valence-corrected chi connectivity index (χ4v) is 11.6. The molecule has 6 aromatic rings. The van der Waals surface area contributed by atoms with Gasteiger partial charge in [-0.2, -0.15) is 0 Å². The lowest BCUT2D eigenvalue weighted by Gasteiger charge is -2.42. The number of hydrogen-bond donors (Lipinski definition) is 3. The zero-order valence-electron chi connectivity index (χ0n) is 41.0. The van der Waals surface area contributed by atoms with E-state index in [1.54, 1.807) is 0 Å². The Hall–Kier alpha value is -3.92. The Kier molecular flexibility index (Phi) is 18.7. The molecule has 67 heavy (non-hydrogen) atoms. The molecule has 0 aliphatic heterocycles. The lowest BCUT2D eigenvalue weighted by molar-refractivity contribution is 0.0841. The highest BCUT2D eigenvalue weighted by Crippen LogP contribution is 2.33. The smallest absolute Gasteiger partial charge is 0.0737 e. The zero-order chi connectivity index (χ0) is 47.5. The first kappa shape index (κ1) is 50.9. The average molecular weight is 967 g/mol. The van der Waals surface area contributed by atoms with Gasteiger partial charge in [0, 0.05) is 109 Å². The van der Waals surface area contributed by atoms with Crippen LogP contribution in [0.1, 0.15) is 126 Å². The maximum absolute atomic E-state index is 6.09. The fraction of sp³-hybridized carbons (Fsp3) is 0.518. The van der Waals surface area contributed by atoms with E-state index in [0.29, 0.717) is 36.3 Å². The van der Waals surface area contributed by atoms with Crippen molar-refractivity contribution < 1.29 is 0 Å². The van der Waals surface area contributed by atoms with Gasteiger partial charge in [-0.3, -0.25) is 19.9 Å². The molecule has 0 radical (unpaired) electrons. The molecule has 3 aromatic carbocycles. The van der Waals surface area contributed by atoms with Crippen LogP contribution in [-0.2, 0) is 0 Å². The number of nitrogens with zero attached hydrogens (tertiary/aromatic N) is 5. The number of anilines is 3. The van der Waals surface area contributed by atoms with Crippen LogP contribution in [0.15, 0.2) is 91.4 Å². The van der Waals surface area contributed by atoms with E-state index in [2.05, 4.69) is 126 Å². The number of fused-ring (bicyclic) bond motifs is 3. The molecule has 9 rings (SSSR count). The normalized spacial score (nSPS) is 22.1. The molecule has 0 unspecified atom stereocenters. The summed E-state index contributed by atoms with van der Waals surface area (Å²) >= 11 is 18.2. The minimum Gasteiger partial charge on any atom is -0.382 e. The third kappa shape index (κ3) is 13.9. The van der Waals surface area contributed by atoms with Gasteiger partial charge in [-0.25, -0.2) is 0 Å². The van der Waals surface area contributed by atoms with Crippen LogP contribution in [-0.4, -0.2) is 80.1 Å². The maximum atomic E-state index is 6.09. The highest BCUT2D eigenvalue weighted by atomic mass is 35.5. The Morgan fingerprint density at radius 3 is 1.13 bits per heavy atom. The van der Waals surface area contributed by atoms with E-state index in [9.17, 15) is 0 Å². The Balaban J connectivity index is 0.000000150. The number of rotatable bonds is 12. The van der Waals surface area contributed by atoms with Crippen molar-refractivity contribution in [1.82, 2.24) is 24.8 Å². The Bertz CT molecular complexity index is 2460. The highest BCUT2D eigenvalue weighted by Gasteiger charge is 2.29. The number of hydrogen-bond acceptors (Lipinski definition) is 8. The summed E-state index contributed by atoms with van der Waals surface area (Å²) in [5.74, 6) is 0.881. The Labute approximate surface area is 416 Å². The Morgan fingerprint density at radius 1 is 0.478 bits per heavy atom. The van der Waals surface area contributed by atoms with Crippen LogP contribution in [0.25, 0.3) is 32.7 Å². The van der Waals surface area contributed by atoms with E-state index in [-0.39, 0.29) is 0 Å². The predicted octanol–water partition coefficient (Wildman–Crippen LogP) is 15.6. The van der Waals surface area contributed by atoms with Crippen molar-refractivity contribution in [2.45, 2.75) is 168 Å². The molecule has 3 saturated carbocycles. The zero-order valence-corrected chi connectivity index (χ0v) is 43.3. The van der Waals surface area contributed by atoms with Gasteiger partial charge in [0.15, 0.2) is 0 Å². The van der Waals surface area contributed by atoms with Gasteiger partial charge in [0.05, 0.1) is 16.6 Å². The van der Waals surface area contributed by atoms with Crippen molar-refractivity contribution in [2.75, 3.05) is 29.0 Å². The van der Waals surface area contributed by atoms with Crippen molar-refractivity contribution in [3.63, 3.8) is 0 Å². The van der Waals surface area contributed by atoms with Crippen LogP contribution in [0.5, 0.6) is 0 Å². The molecule has 8 nitrogen and oxygen atoms in total. The first-order valence-electron chi connectivity index (χ1n) is 25.3. The molecule has 11 heteroatoms. The molecular formula is C56H75Cl3N8. The van der Waals surface area contributed by atoms with Crippen molar-refractivity contribution in [1.29, 1.82) is 0 Å². The number of nitrogens with one attached hydrogen (secondary N) is 3. The number of benzene rings is 3. The van der Waals surface area contributed by atoms with Crippen molar-refractivity contribution in [3.8, 4) is 0 Å². The topological polar surface area (TPSA) is 81.2 Å². The van der Waals surface area contributed by atoms with Crippen LogP contribution >= 0.6 is 34.8 Å². The second-order valence-corrected chi connectivity index (χ2v) is 21.1. The predicted molar refractivity (Wildman–Crippen MR) is 290 cm³/mol. The fourth-order valence-electron chi connectivity index (χ4n) is 11.1. The van der Waals surface area contributed by atoms with Gasteiger partial charge in [-0.1, -0.05) is 55.6 Å². The molecule has 0 atom stereocenters. The molecular weight excluding hydrogens is 891 g/mol. The molecule has 360 valence electrons. The summed E-state index contributed by atoms with van der Waals surface area (Å²) in [6, 6.07) is 28.4. The minimum atomic E-state index is 0.540. The number of halogens is 3. The van der Waals surface area contributed by atoms with Gasteiger partial charge in [-0.15, -0.1) is 0 Å². The molecule has 3 fully saturated rings. The molecule has 3 aromatic heterocycles. The van der Waals surface area contributed by atoms with Gasteiger partial charge in [0.25, 0.3) is 0 Å². The molecule has 0 saturated heterocycles. The van der Waals surface area contributed by atoms with Crippen LogP contribution in [0.4, 0.5) is 17.1 Å². The van der Waals surface area contributed by atoms with Gasteiger partial charge in [0.1, 0.15) is 0 Å². The molecule has 3 heterocycles. The van der Waals surface area contributed by atoms with Crippen molar-refractivity contribution in [3.05, 3.63) is 106 Å². The monoisotopic (exact) mass is 965 g/mol. The van der Waals surface area contributed by atoms with E-state index >= 15 is 0 Å². The van der Waals surface area contributed by atoms with Gasteiger partial charge < -0.3 is 20.9 Å². The summed E-state index contributed by atoms with van der Waals surface area (Å²) in [7, 11) is 0. The molecule has 0 amide bonds. The van der Waals surface area contributed by atoms with Crippen LogP contribution in [0.3, 0.4) is 0 Å². The largest absolute Gasteiger partial charge is 0.382 e. The lowest BCUT2D eigenvalue weighted by Crippen LogP contribution is -2.47. The second-order valence-electron chi connectivity index (χ2n) is 19.8. The van der Waals surface area contributed by atoms with Crippen LogP contribution < -0.4 is 16.0 Å². The van der Waals surface area contributed by atoms with Crippen LogP contribution in [0.2, 0.25) is 15.1 Å². The van der Waals surface area contributed by atoms with Gasteiger partial charge in [0.2, 0.25) is 0 Å². The first-order chi connectivity index (χ1) is 32.4. The average Bonchev–Trinajstić information content (AvgIpc) is 3.31. The standard InChI is InChI=1S/C21H30ClN3.C19H26ClN3.C16H19ClN2/c1-14(2)25(15(3)4)18-8-6-17(7-9-18)24-20-11-12-23-21-13-16(22)5-10-19(20)21;1-3-23(4-2)16-8-6-15(7-9-16)22-18-11-12-21-19-13-14(20)5-10-17(18)19;1-11-2-5-13(6-3-11)19-15-8-9-18-16-10-12(17)4-7-14(15)16/h5,10-15,17-18H,6-9H2,1-4H3,(H,23,24);5,10-13,15-16H,3-4,6-9H2,1-2H3,(H,21,22);4,7-11,13H,2-3,5-6H2,1H3,(H,18,19). The molecule has 3 N–H and O–H groups in total. The molecule has 0 bridgehead atoms. The van der Waals surface area contributed by atoms with Crippen LogP contribution in [0, 0.1) is 5.92 Å². The summed E-state index contributed by atoms with van der Waals surface area (Å²) in [4.78, 5) is 18.5. The highest BCUT2D eigenvalue weighted by molar-refractivity contribution is 6.32.